The second-order valence-electron chi connectivity index (χ2n) is 3.49. The molecule has 0 saturated carbocycles. The van der Waals surface area contributed by atoms with E-state index < -0.39 is 0 Å². The number of aryl methyl sites for hydroxylation is 2. The Bertz CT molecular complexity index is 445. The summed E-state index contributed by atoms with van der Waals surface area (Å²) in [5.41, 5.74) is 3.83. The summed E-state index contributed by atoms with van der Waals surface area (Å²) in [7, 11) is 2.05. The molecule has 2 aromatic rings. The van der Waals surface area contributed by atoms with Crippen LogP contribution in [0.15, 0.2) is 18.5 Å². The Hall–Kier alpha value is 0.495. The Morgan fingerprint density at radius 3 is 3.00 bits per heavy atom. The van der Waals surface area contributed by atoms with Crippen molar-refractivity contribution < 1.29 is 0 Å². The number of hydrogen-bond acceptors (Lipinski definition) is 1. The fourth-order valence-electron chi connectivity index (χ4n) is 1.69. The summed E-state index contributed by atoms with van der Waals surface area (Å²) >= 11 is 0.727. The van der Waals surface area contributed by atoms with Gasteiger partial charge < -0.3 is 0 Å². The predicted octanol–water partition coefficient (Wildman–Crippen LogP) is 1.55. The maximum absolute atomic E-state index is 4.47. The van der Waals surface area contributed by atoms with Crippen molar-refractivity contribution in [2.75, 3.05) is 0 Å². The molecule has 62 valence electrons. The van der Waals surface area contributed by atoms with E-state index in [1.165, 1.54) is 16.0 Å². The van der Waals surface area contributed by atoms with Crippen LogP contribution in [0.2, 0.25) is 0 Å². The van der Waals surface area contributed by atoms with Gasteiger partial charge in [0.25, 0.3) is 0 Å². The van der Waals surface area contributed by atoms with Crippen LogP contribution in [0.1, 0.15) is 11.1 Å². The van der Waals surface area contributed by atoms with Gasteiger partial charge in [-0.25, -0.2) is 0 Å². The van der Waals surface area contributed by atoms with Crippen molar-refractivity contribution >= 4 is 66.6 Å². The third-order valence-electron chi connectivity index (χ3n) is 2.48. The third kappa shape index (κ3) is 1.82. The Balaban J connectivity index is 2.76. The van der Waals surface area contributed by atoms with Gasteiger partial charge in [0.1, 0.15) is 0 Å². The van der Waals surface area contributed by atoms with Gasteiger partial charge in [-0.2, -0.15) is 0 Å². The van der Waals surface area contributed by atoms with Crippen molar-refractivity contribution in [3.63, 3.8) is 0 Å². The molecule has 0 aromatic carbocycles. The third-order valence-corrected chi connectivity index (χ3v) is 4.48. The fourth-order valence-corrected chi connectivity index (χ4v) is 2.64. The minimum atomic E-state index is 0.727. The first-order valence-corrected chi connectivity index (χ1v) is 8.10. The number of rotatable bonds is 1. The Labute approximate surface area is 117 Å². The molecule has 0 fully saturated rings. The Kier molecular flexibility index (Phi) is 3.03. The molecule has 2 nitrogen and oxygen atoms in total. The van der Waals surface area contributed by atoms with Gasteiger partial charge >= 0.3 is 119 Å². The molecule has 0 atom stereocenters. The van der Waals surface area contributed by atoms with Gasteiger partial charge in [-0.15, -0.1) is 0 Å². The molecule has 13 heavy (non-hydrogen) atoms. The summed E-state index contributed by atoms with van der Waals surface area (Å²) < 4.78 is 3.35. The molecule has 0 amide bonds. The van der Waals surface area contributed by atoms with E-state index in [9.17, 15) is 0 Å². The summed E-state index contributed by atoms with van der Waals surface area (Å²) in [6.45, 7) is 2.15. The van der Waals surface area contributed by atoms with Gasteiger partial charge in [-0.05, 0) is 0 Å². The summed E-state index contributed by atoms with van der Waals surface area (Å²) in [6, 6.07) is 2.29. The predicted molar refractivity (Wildman–Crippen MR) is 54.9 cm³/mol. The van der Waals surface area contributed by atoms with Crippen LogP contribution in [0.3, 0.4) is 0 Å². The molecular formula is C10H11N2Rb. The van der Waals surface area contributed by atoms with Gasteiger partial charge in [0.2, 0.25) is 0 Å². The number of fused-ring (bicyclic) bond motifs is 1. The zero-order valence-corrected chi connectivity index (χ0v) is 13.2. The van der Waals surface area contributed by atoms with Crippen molar-refractivity contribution in [2.45, 2.75) is 6.41 Å². The van der Waals surface area contributed by atoms with E-state index in [4.69, 9.17) is 0 Å². The van der Waals surface area contributed by atoms with Crippen LogP contribution >= 0.6 is 0 Å². The van der Waals surface area contributed by atoms with Crippen LogP contribution < -0.4 is 0 Å². The monoisotopic (exact) mass is 244 g/mol. The zero-order valence-electron chi connectivity index (χ0n) is 8.33. The van der Waals surface area contributed by atoms with Crippen molar-refractivity contribution in [3.05, 3.63) is 29.6 Å². The van der Waals surface area contributed by atoms with Gasteiger partial charge in [0, 0.05) is 0 Å². The molecule has 0 saturated heterocycles. The zero-order chi connectivity index (χ0) is 9.42. The summed E-state index contributed by atoms with van der Waals surface area (Å²) in [5.74, 6) is 0. The molecular weight excluding hydrogens is 234 g/mol. The molecule has 0 bridgehead atoms. The average Bonchev–Trinajstić information content (AvgIpc) is 2.42. The number of hydrogen-bond donors (Lipinski definition) is 0. The molecule has 0 N–H and O–H groups in total. The Morgan fingerprint density at radius 2 is 2.31 bits per heavy atom. The molecule has 0 radical (unpaired) electrons. The van der Waals surface area contributed by atoms with Crippen LogP contribution in [-0.2, 0) is 6.54 Å². The van der Waals surface area contributed by atoms with E-state index in [1.54, 1.807) is 0 Å². The quantitative estimate of drug-likeness (QED) is 0.744. The average molecular weight is 245 g/mol. The molecule has 2 heterocycles. The van der Waals surface area contributed by atoms with Gasteiger partial charge in [0.05, 0.1) is 0 Å². The van der Waals surface area contributed by atoms with Crippen LogP contribution in [0.5, 0.6) is 0 Å². The van der Waals surface area contributed by atoms with Gasteiger partial charge in [-0.3, -0.25) is 0 Å². The first kappa shape index (κ1) is 10.0. The van der Waals surface area contributed by atoms with Crippen molar-refractivity contribution in [2.24, 2.45) is 7.05 Å². The van der Waals surface area contributed by atoms with E-state index in [-0.39, 0.29) is 0 Å². The maximum atomic E-state index is 4.47. The standard InChI is InChI=1S/C10H11N2.Rb/c1-7-4-9-8(2)6-12(3)10(9)11-5-7;/h4-6H,1H2,2-3H3;. The first-order valence-electron chi connectivity index (χ1n) is 4.63. The van der Waals surface area contributed by atoms with Crippen LogP contribution in [0.4, 0.5) is 0 Å². The second kappa shape index (κ2) is 3.93. The molecule has 0 aliphatic rings. The molecule has 0 aliphatic heterocycles. The number of aromatic nitrogens is 2. The normalized spacial score (nSPS) is 11.1. The van der Waals surface area contributed by atoms with E-state index >= 15 is 0 Å². The minimum absolute atomic E-state index is 0.727. The second-order valence-corrected chi connectivity index (χ2v) is 5.23. The summed E-state index contributed by atoms with van der Waals surface area (Å²) in [4.78, 5) is 4.47. The van der Waals surface area contributed by atoms with Gasteiger partial charge in [0.15, 0.2) is 0 Å². The van der Waals surface area contributed by atoms with Gasteiger partial charge in [-0.1, -0.05) is 0 Å². The topological polar surface area (TPSA) is 17.8 Å². The molecule has 0 spiro atoms. The summed E-state index contributed by atoms with van der Waals surface area (Å²) in [6.07, 6.45) is 4.15. The molecule has 0 aliphatic carbocycles. The summed E-state index contributed by atoms with van der Waals surface area (Å²) in [5, 5.41) is 1.31. The van der Waals surface area contributed by atoms with Crippen molar-refractivity contribution in [1.82, 2.24) is 9.55 Å². The van der Waals surface area contributed by atoms with Crippen molar-refractivity contribution in [3.8, 4) is 0 Å². The van der Waals surface area contributed by atoms with E-state index in [1.807, 2.05) is 13.2 Å². The SMILES string of the molecule is Cc1cn(C)c2ncc([CH2][Rb])cc12. The van der Waals surface area contributed by atoms with E-state index in [0.717, 1.165) is 61.2 Å². The first-order chi connectivity index (χ1) is 6.22. The van der Waals surface area contributed by atoms with E-state index in [0.29, 0.717) is 0 Å². The molecule has 0 unspecified atom stereocenters. The molecule has 3 heteroatoms. The molecule has 2 aromatic heterocycles. The number of pyridine rings is 1. The molecule has 2 rings (SSSR count). The van der Waals surface area contributed by atoms with Crippen LogP contribution in [-0.4, -0.2) is 65.1 Å². The number of nitrogens with zero attached hydrogens (tertiary/aromatic N) is 2. The van der Waals surface area contributed by atoms with Crippen LogP contribution in [0.25, 0.3) is 11.0 Å². The Morgan fingerprint density at radius 1 is 1.54 bits per heavy atom. The van der Waals surface area contributed by atoms with Crippen molar-refractivity contribution in [1.29, 1.82) is 0 Å². The van der Waals surface area contributed by atoms with Crippen LogP contribution in [0, 0.1) is 6.92 Å². The fraction of sp³-hybridized carbons (Fsp3) is 0.300. The van der Waals surface area contributed by atoms with E-state index in [2.05, 4.69) is 28.7 Å².